The molecule has 28 heavy (non-hydrogen) atoms. The molecule has 1 heterocycles. The van der Waals surface area contributed by atoms with E-state index in [0.29, 0.717) is 39.6 Å². The number of methoxy groups -OCH3 is 3. The van der Waals surface area contributed by atoms with E-state index in [1.165, 1.54) is 21.3 Å². The van der Waals surface area contributed by atoms with Gasteiger partial charge in [-0.1, -0.05) is 0 Å². The summed E-state index contributed by atoms with van der Waals surface area (Å²) >= 11 is 0. The number of nitrogens with zero attached hydrogens (tertiary/aromatic N) is 2. The first-order valence-electron chi connectivity index (χ1n) is 8.50. The lowest BCUT2D eigenvalue weighted by Gasteiger charge is -2.17. The molecule has 0 radical (unpaired) electrons. The maximum absolute atomic E-state index is 14.9. The molecule has 2 aromatic carbocycles. The number of rotatable bonds is 5. The van der Waals surface area contributed by atoms with Crippen LogP contribution in [0.3, 0.4) is 0 Å². The van der Waals surface area contributed by atoms with E-state index < -0.39 is 11.6 Å². The number of benzene rings is 2. The molecule has 0 atom stereocenters. The Morgan fingerprint density at radius 2 is 1.04 bits per heavy atom. The van der Waals surface area contributed by atoms with Crippen molar-refractivity contribution in [3.05, 3.63) is 53.4 Å². The molecule has 0 saturated carbocycles. The second kappa shape index (κ2) is 7.80. The summed E-state index contributed by atoms with van der Waals surface area (Å²) < 4.78 is 45.3. The van der Waals surface area contributed by atoms with E-state index in [2.05, 4.69) is 10.2 Å². The van der Waals surface area contributed by atoms with Crippen LogP contribution in [0.2, 0.25) is 0 Å². The van der Waals surface area contributed by atoms with Crippen molar-refractivity contribution >= 4 is 0 Å². The molecule has 1 aromatic heterocycles. The Labute approximate surface area is 161 Å². The Morgan fingerprint density at radius 3 is 1.50 bits per heavy atom. The van der Waals surface area contributed by atoms with Crippen molar-refractivity contribution in [2.24, 2.45) is 0 Å². The van der Waals surface area contributed by atoms with Crippen LogP contribution in [0.4, 0.5) is 8.78 Å². The summed E-state index contributed by atoms with van der Waals surface area (Å²) in [6.45, 7) is 3.39. The molecule has 0 amide bonds. The fraction of sp³-hybridized carbons (Fsp3) is 0.238. The molecular formula is C21H20F2N2O3. The Hall–Kier alpha value is -3.22. The minimum atomic E-state index is -0.747. The number of halogens is 2. The first-order chi connectivity index (χ1) is 13.4. The lowest BCUT2D eigenvalue weighted by Crippen LogP contribution is -2.03. The molecule has 0 saturated heterocycles. The van der Waals surface area contributed by atoms with Gasteiger partial charge in [-0.05, 0) is 31.5 Å². The van der Waals surface area contributed by atoms with Gasteiger partial charge in [-0.2, -0.15) is 10.2 Å². The summed E-state index contributed by atoms with van der Waals surface area (Å²) in [5, 5.41) is 8.22. The highest BCUT2D eigenvalue weighted by Crippen LogP contribution is 2.41. The van der Waals surface area contributed by atoms with Gasteiger partial charge < -0.3 is 14.2 Å². The highest BCUT2D eigenvalue weighted by molar-refractivity contribution is 5.87. The minimum Gasteiger partial charge on any atom is -0.497 e. The van der Waals surface area contributed by atoms with E-state index in [-0.39, 0.29) is 11.3 Å². The molecule has 0 aliphatic carbocycles. The Bertz CT molecular complexity index is 993. The molecule has 0 fully saturated rings. The van der Waals surface area contributed by atoms with Crippen LogP contribution in [0, 0.1) is 25.5 Å². The molecule has 0 unspecified atom stereocenters. The SMILES string of the molecule is COc1cc(OC)cc(-c2c(C)nnc(C)c2-c2c(F)cc(OC)cc2F)c1. The number of hydrogen-bond donors (Lipinski definition) is 0. The third-order valence-corrected chi connectivity index (χ3v) is 4.47. The van der Waals surface area contributed by atoms with Crippen molar-refractivity contribution in [1.82, 2.24) is 10.2 Å². The summed E-state index contributed by atoms with van der Waals surface area (Å²) in [5.41, 5.74) is 2.24. The van der Waals surface area contributed by atoms with Crippen LogP contribution in [0.15, 0.2) is 30.3 Å². The number of hydrogen-bond acceptors (Lipinski definition) is 5. The summed E-state index contributed by atoms with van der Waals surface area (Å²) in [4.78, 5) is 0. The van der Waals surface area contributed by atoms with Gasteiger partial charge in [0.05, 0.1) is 38.3 Å². The predicted molar refractivity (Wildman–Crippen MR) is 102 cm³/mol. The maximum atomic E-state index is 14.9. The molecule has 5 nitrogen and oxygen atoms in total. The summed E-state index contributed by atoms with van der Waals surface area (Å²) in [6, 6.07) is 7.52. The van der Waals surface area contributed by atoms with Gasteiger partial charge >= 0.3 is 0 Å². The maximum Gasteiger partial charge on any atom is 0.137 e. The Morgan fingerprint density at radius 1 is 0.607 bits per heavy atom. The number of aryl methyl sites for hydroxylation is 2. The zero-order chi connectivity index (χ0) is 20.4. The summed E-state index contributed by atoms with van der Waals surface area (Å²) in [7, 11) is 4.42. The predicted octanol–water partition coefficient (Wildman–Crippen LogP) is 4.73. The first-order valence-corrected chi connectivity index (χ1v) is 8.50. The van der Waals surface area contributed by atoms with Crippen molar-refractivity contribution in [2.45, 2.75) is 13.8 Å². The third-order valence-electron chi connectivity index (χ3n) is 4.47. The fourth-order valence-electron chi connectivity index (χ4n) is 3.13. The average Bonchev–Trinajstić information content (AvgIpc) is 2.69. The van der Waals surface area contributed by atoms with Gasteiger partial charge in [0.2, 0.25) is 0 Å². The summed E-state index contributed by atoms with van der Waals surface area (Å²) in [6.07, 6.45) is 0. The molecule has 0 N–H and O–H groups in total. The van der Waals surface area contributed by atoms with E-state index in [9.17, 15) is 8.78 Å². The molecule has 0 spiro atoms. The highest BCUT2D eigenvalue weighted by atomic mass is 19.1. The molecule has 3 aromatic rings. The van der Waals surface area contributed by atoms with Crippen molar-refractivity contribution in [3.63, 3.8) is 0 Å². The topological polar surface area (TPSA) is 53.5 Å². The van der Waals surface area contributed by atoms with Crippen molar-refractivity contribution in [1.29, 1.82) is 0 Å². The van der Waals surface area contributed by atoms with Gasteiger partial charge in [0.25, 0.3) is 0 Å². The van der Waals surface area contributed by atoms with Crippen molar-refractivity contribution in [2.75, 3.05) is 21.3 Å². The molecule has 0 aliphatic rings. The third kappa shape index (κ3) is 3.47. The van der Waals surface area contributed by atoms with Crippen LogP contribution in [0.5, 0.6) is 17.2 Å². The van der Waals surface area contributed by atoms with Gasteiger partial charge in [-0.3, -0.25) is 0 Å². The number of ether oxygens (including phenoxy) is 3. The van der Waals surface area contributed by atoms with E-state index in [0.717, 1.165) is 12.1 Å². The molecule has 146 valence electrons. The summed E-state index contributed by atoms with van der Waals surface area (Å²) in [5.74, 6) is -0.304. The van der Waals surface area contributed by atoms with Gasteiger partial charge in [0.15, 0.2) is 0 Å². The van der Waals surface area contributed by atoms with E-state index >= 15 is 0 Å². The monoisotopic (exact) mass is 386 g/mol. The van der Waals surface area contributed by atoms with Crippen LogP contribution >= 0.6 is 0 Å². The zero-order valence-electron chi connectivity index (χ0n) is 16.3. The second-order valence-corrected chi connectivity index (χ2v) is 6.19. The smallest absolute Gasteiger partial charge is 0.137 e. The molecule has 0 bridgehead atoms. The van der Waals surface area contributed by atoms with Gasteiger partial charge in [-0.15, -0.1) is 0 Å². The van der Waals surface area contributed by atoms with Crippen molar-refractivity contribution < 1.29 is 23.0 Å². The molecule has 0 aliphatic heterocycles. The van der Waals surface area contributed by atoms with Gasteiger partial charge in [0, 0.05) is 29.3 Å². The van der Waals surface area contributed by atoms with E-state index in [1.807, 2.05) is 0 Å². The van der Waals surface area contributed by atoms with E-state index in [4.69, 9.17) is 14.2 Å². The standard InChI is InChI=1S/C21H20F2N2O3/c1-11-19(13-6-14(26-3)8-15(7-13)27-4)20(12(2)25-24-11)21-17(22)9-16(28-5)10-18(21)23/h6-10H,1-5H3. The molecule has 7 heteroatoms. The minimum absolute atomic E-state index is 0.0970. The zero-order valence-corrected chi connectivity index (χ0v) is 16.3. The molecule has 3 rings (SSSR count). The highest BCUT2D eigenvalue weighted by Gasteiger charge is 2.23. The Balaban J connectivity index is 2.37. The van der Waals surface area contributed by atoms with Crippen LogP contribution in [0.1, 0.15) is 11.4 Å². The van der Waals surface area contributed by atoms with Gasteiger partial charge in [-0.25, -0.2) is 8.78 Å². The lowest BCUT2D eigenvalue weighted by molar-refractivity contribution is 0.394. The van der Waals surface area contributed by atoms with Crippen LogP contribution in [-0.4, -0.2) is 31.5 Å². The Kier molecular flexibility index (Phi) is 5.44. The average molecular weight is 386 g/mol. The van der Waals surface area contributed by atoms with Crippen molar-refractivity contribution in [3.8, 4) is 39.5 Å². The van der Waals surface area contributed by atoms with E-state index in [1.54, 1.807) is 32.0 Å². The largest absolute Gasteiger partial charge is 0.497 e. The van der Waals surface area contributed by atoms with Crippen LogP contribution in [-0.2, 0) is 0 Å². The fourth-order valence-corrected chi connectivity index (χ4v) is 3.13. The van der Waals surface area contributed by atoms with Gasteiger partial charge in [0.1, 0.15) is 28.9 Å². The first kappa shape index (κ1) is 19.5. The molecular weight excluding hydrogens is 366 g/mol. The quantitative estimate of drug-likeness (QED) is 0.634. The van der Waals surface area contributed by atoms with Crippen LogP contribution in [0.25, 0.3) is 22.3 Å². The normalized spacial score (nSPS) is 10.7. The van der Waals surface area contributed by atoms with Crippen LogP contribution < -0.4 is 14.2 Å². The lowest BCUT2D eigenvalue weighted by atomic mass is 9.91. The second-order valence-electron chi connectivity index (χ2n) is 6.19. The number of aromatic nitrogens is 2.